The van der Waals surface area contributed by atoms with Crippen molar-refractivity contribution in [1.29, 1.82) is 0 Å². The maximum atomic E-state index is 14.4. The van der Waals surface area contributed by atoms with E-state index in [-0.39, 0.29) is 78.6 Å². The van der Waals surface area contributed by atoms with Crippen LogP contribution in [0.25, 0.3) is 17.2 Å². The Morgan fingerprint density at radius 1 is 0.982 bits per heavy atom. The first-order valence-electron chi connectivity index (χ1n) is 17.9. The highest BCUT2D eigenvalue weighted by Crippen LogP contribution is 2.37. The molecule has 2 fully saturated rings. The van der Waals surface area contributed by atoms with Crippen LogP contribution in [0, 0.1) is 0 Å². The van der Waals surface area contributed by atoms with E-state index in [4.69, 9.17) is 26.1 Å². The Kier molecular flexibility index (Phi) is 10.1. The molecule has 8 rings (SSSR count). The number of hydrogen-bond acceptors (Lipinski definition) is 12. The third-order valence-corrected chi connectivity index (χ3v) is 11.3. The zero-order valence-corrected chi connectivity index (χ0v) is 31.5. The second-order valence-corrected chi connectivity index (χ2v) is 14.6. The highest BCUT2D eigenvalue weighted by Gasteiger charge is 2.33. The topological polar surface area (TPSA) is 160 Å². The smallest absolute Gasteiger partial charge is 0.416 e. The lowest BCUT2D eigenvalue weighted by molar-refractivity contribution is -0.137. The van der Waals surface area contributed by atoms with Crippen molar-refractivity contribution in [3.63, 3.8) is 0 Å². The molecule has 0 bridgehead atoms. The molecule has 6 heterocycles. The number of alkyl halides is 3. The van der Waals surface area contributed by atoms with Gasteiger partial charge in [-0.25, -0.2) is 0 Å². The average Bonchev–Trinajstić information content (AvgIpc) is 3.95. The fourth-order valence-electron chi connectivity index (χ4n) is 7.16. The maximum Gasteiger partial charge on any atom is 0.416 e. The van der Waals surface area contributed by atoms with Gasteiger partial charge in [-0.05, 0) is 53.3 Å². The normalized spacial score (nSPS) is 16.1. The van der Waals surface area contributed by atoms with Gasteiger partial charge in [0, 0.05) is 44.8 Å². The zero-order chi connectivity index (χ0) is 39.3. The van der Waals surface area contributed by atoms with Crippen LogP contribution >= 0.6 is 23.1 Å². The molecule has 5 aromatic rings. The Morgan fingerprint density at radius 2 is 1.73 bits per heavy atom. The summed E-state index contributed by atoms with van der Waals surface area (Å²) in [6, 6.07) is 8.28. The number of rotatable bonds is 8. The minimum Gasteiger partial charge on any atom is -0.503 e. The van der Waals surface area contributed by atoms with Gasteiger partial charge in [0.15, 0.2) is 22.3 Å². The molecule has 15 nitrogen and oxygen atoms in total. The molecule has 3 aliphatic heterocycles. The lowest BCUT2D eigenvalue weighted by Gasteiger charge is -2.36. The van der Waals surface area contributed by atoms with E-state index < -0.39 is 29.1 Å². The number of aromatic hydroxyl groups is 1. The molecule has 20 heteroatoms. The fourth-order valence-corrected chi connectivity index (χ4v) is 8.21. The molecular weight excluding hydrogens is 779 g/mol. The summed E-state index contributed by atoms with van der Waals surface area (Å²) in [6.07, 6.45) is -4.34. The Balaban J connectivity index is 1.11. The minimum absolute atomic E-state index is 0.0217. The number of nitrogens with zero attached hydrogens (tertiary/aromatic N) is 8. The molecule has 2 saturated heterocycles. The largest absolute Gasteiger partial charge is 0.503 e. The van der Waals surface area contributed by atoms with Gasteiger partial charge in [-0.3, -0.25) is 14.4 Å². The number of carbonyl (C=O) groups excluding carboxylic acids is 2. The Morgan fingerprint density at radius 3 is 2.45 bits per heavy atom. The molecule has 0 atom stereocenters. The number of nitrogens with one attached hydrogen (secondary N) is 1. The number of piperazine rings is 1. The lowest BCUT2D eigenvalue weighted by Crippen LogP contribution is -2.51. The second kappa shape index (κ2) is 15.0. The van der Waals surface area contributed by atoms with Crippen LogP contribution in [0.15, 0.2) is 41.2 Å². The highest BCUT2D eigenvalue weighted by atomic mass is 35.5. The van der Waals surface area contributed by atoms with Crippen LogP contribution in [0.4, 0.5) is 29.5 Å². The van der Waals surface area contributed by atoms with Crippen molar-refractivity contribution in [1.82, 2.24) is 28.4 Å². The third kappa shape index (κ3) is 7.03. The molecule has 2 aromatic carbocycles. The summed E-state index contributed by atoms with van der Waals surface area (Å²) < 4.78 is 57.8. The summed E-state index contributed by atoms with van der Waals surface area (Å²) >= 11 is 7.21. The summed E-state index contributed by atoms with van der Waals surface area (Å²) in [4.78, 5) is 51.7. The van der Waals surface area contributed by atoms with Crippen LogP contribution in [0.3, 0.4) is 0 Å². The average molecular weight is 814 g/mol. The summed E-state index contributed by atoms with van der Waals surface area (Å²) in [5, 5.41) is 18.4. The van der Waals surface area contributed by atoms with Crippen LogP contribution in [0.5, 0.6) is 5.75 Å². The van der Waals surface area contributed by atoms with Crippen molar-refractivity contribution in [2.24, 2.45) is 0 Å². The van der Waals surface area contributed by atoms with Gasteiger partial charge in [-0.15, -0.1) is 5.10 Å². The van der Waals surface area contributed by atoms with Crippen molar-refractivity contribution in [2.75, 3.05) is 67.6 Å². The van der Waals surface area contributed by atoms with Crippen LogP contribution < -0.4 is 20.7 Å². The standard InChI is InChI=1S/C36H35ClF3N9O6S/c1-2-26-29(45-7-9-46(10-8-45)32(52)28-30(51)34(56-44-28)47-11-13-54-14-12-47)33(53)49-35(42-31(43-49)20-3-4-21-18-55-19-22(21)15-20)48(26)17-27(50)41-25-6-5-23(16-24(25)37)36(38,39)40/h3-6,15-16,51H,2,7-14,17-19H2,1H3,(H,41,50). The van der Waals surface area contributed by atoms with Crippen molar-refractivity contribution >= 4 is 57.1 Å². The molecule has 3 aliphatic rings. The number of aromatic nitrogens is 5. The first-order chi connectivity index (χ1) is 26.9. The van der Waals surface area contributed by atoms with E-state index in [1.54, 1.807) is 9.47 Å². The highest BCUT2D eigenvalue weighted by molar-refractivity contribution is 7.10. The van der Waals surface area contributed by atoms with Gasteiger partial charge >= 0.3 is 6.18 Å². The molecule has 2 amide bonds. The van der Waals surface area contributed by atoms with Gasteiger partial charge < -0.3 is 39.2 Å². The number of anilines is 3. The van der Waals surface area contributed by atoms with Gasteiger partial charge in [0.1, 0.15) is 12.2 Å². The summed E-state index contributed by atoms with van der Waals surface area (Å²) in [5.41, 5.74) is 1.87. The Hall–Kier alpha value is -5.24. The van der Waals surface area contributed by atoms with Crippen molar-refractivity contribution in [2.45, 2.75) is 39.3 Å². The van der Waals surface area contributed by atoms with Crippen molar-refractivity contribution in [3.8, 4) is 17.1 Å². The van der Waals surface area contributed by atoms with E-state index in [0.717, 1.165) is 45.4 Å². The number of hydrogen-bond donors (Lipinski definition) is 2. The van der Waals surface area contributed by atoms with Gasteiger partial charge in [-0.2, -0.15) is 27.0 Å². The summed E-state index contributed by atoms with van der Waals surface area (Å²) in [6.45, 7) is 5.39. The van der Waals surface area contributed by atoms with Crippen LogP contribution in [0.1, 0.15) is 39.8 Å². The number of fused-ring (bicyclic) bond motifs is 2. The number of benzene rings is 2. The molecule has 3 aromatic heterocycles. The molecular formula is C36H35ClF3N9O6S. The van der Waals surface area contributed by atoms with E-state index in [0.29, 0.717) is 55.8 Å². The lowest BCUT2D eigenvalue weighted by atomic mass is 10.1. The third-order valence-electron chi connectivity index (χ3n) is 10.0. The number of carbonyl (C=O) groups is 2. The molecule has 0 saturated carbocycles. The SMILES string of the molecule is CCc1c(N2CCN(C(=O)c3nsc(N4CCOCC4)c3O)CC2)c(=O)n2nc(-c3ccc4c(c3)COC4)nc2n1CC(=O)Nc1ccc(C(F)(F)F)cc1Cl. The quantitative estimate of drug-likeness (QED) is 0.229. The van der Waals surface area contributed by atoms with Crippen LogP contribution in [0.2, 0.25) is 5.02 Å². The van der Waals surface area contributed by atoms with Gasteiger partial charge in [0.25, 0.3) is 11.5 Å². The predicted molar refractivity (Wildman–Crippen MR) is 201 cm³/mol. The van der Waals surface area contributed by atoms with E-state index in [1.165, 1.54) is 0 Å². The zero-order valence-electron chi connectivity index (χ0n) is 29.9. The molecule has 0 unspecified atom stereocenters. The number of amides is 2. The van der Waals surface area contributed by atoms with Gasteiger partial charge in [-0.1, -0.05) is 30.7 Å². The second-order valence-electron chi connectivity index (χ2n) is 13.5. The first-order valence-corrected chi connectivity index (χ1v) is 19.0. The van der Waals surface area contributed by atoms with Crippen molar-refractivity contribution in [3.05, 3.63) is 79.9 Å². The number of ether oxygens (including phenoxy) is 2. The molecule has 56 heavy (non-hydrogen) atoms. The molecule has 294 valence electrons. The van der Waals surface area contributed by atoms with E-state index in [1.807, 2.05) is 34.9 Å². The molecule has 0 radical (unpaired) electrons. The van der Waals surface area contributed by atoms with Crippen molar-refractivity contribution < 1.29 is 37.3 Å². The van der Waals surface area contributed by atoms with E-state index in [2.05, 4.69) is 14.8 Å². The molecule has 0 aliphatic carbocycles. The fraction of sp³-hybridized carbons (Fsp3) is 0.389. The number of morpholine rings is 1. The summed E-state index contributed by atoms with van der Waals surface area (Å²) in [5.74, 6) is -0.904. The Bertz CT molecular complexity index is 2400. The monoisotopic (exact) mass is 813 g/mol. The van der Waals surface area contributed by atoms with Gasteiger partial charge in [0.05, 0.1) is 48.4 Å². The first kappa shape index (κ1) is 37.7. The predicted octanol–water partition coefficient (Wildman–Crippen LogP) is 4.42. The number of halogens is 4. The van der Waals surface area contributed by atoms with E-state index >= 15 is 0 Å². The summed E-state index contributed by atoms with van der Waals surface area (Å²) in [7, 11) is 0. The molecule has 0 spiro atoms. The molecule has 2 N–H and O–H groups in total. The van der Waals surface area contributed by atoms with Crippen LogP contribution in [-0.4, -0.2) is 97.8 Å². The van der Waals surface area contributed by atoms with Gasteiger partial charge in [0.2, 0.25) is 11.7 Å². The minimum atomic E-state index is -4.62. The maximum absolute atomic E-state index is 14.4. The van der Waals surface area contributed by atoms with E-state index in [9.17, 15) is 32.7 Å². The Labute approximate surface area is 326 Å². The van der Waals surface area contributed by atoms with Crippen LogP contribution in [-0.2, 0) is 46.6 Å².